The summed E-state index contributed by atoms with van der Waals surface area (Å²) in [6, 6.07) is 0. The van der Waals surface area contributed by atoms with Crippen LogP contribution < -0.4 is 0 Å². The minimum Gasteiger partial charge on any atom is -0.402 e. The Morgan fingerprint density at radius 2 is 1.44 bits per heavy atom. The summed E-state index contributed by atoms with van der Waals surface area (Å²) >= 11 is 0. The fourth-order valence-electron chi connectivity index (χ4n) is 0.891. The number of carbonyl (C=O) groups is 1. The molecule has 0 bridgehead atoms. The number of ketones is 1. The Balaban J connectivity index is 0.000000280. The van der Waals surface area contributed by atoms with E-state index in [9.17, 15) is 4.79 Å². The molecule has 0 aliphatic carbocycles. The van der Waals surface area contributed by atoms with Gasteiger partial charge in [0.2, 0.25) is 0 Å². The van der Waals surface area contributed by atoms with Crippen LogP contribution in [0.15, 0.2) is 24.8 Å². The maximum atomic E-state index is 11.4. The van der Waals surface area contributed by atoms with Crippen molar-refractivity contribution in [3.63, 3.8) is 0 Å². The number of aromatic nitrogens is 4. The molecule has 0 aliphatic heterocycles. The molecule has 2 heterocycles. The summed E-state index contributed by atoms with van der Waals surface area (Å²) in [5.74, 6) is 0.361. The summed E-state index contributed by atoms with van der Waals surface area (Å²) in [6.45, 7) is 0. The van der Waals surface area contributed by atoms with Crippen LogP contribution in [0.4, 0.5) is 0 Å². The number of rotatable bonds is 2. The van der Waals surface area contributed by atoms with Gasteiger partial charge in [0.05, 0.1) is 0 Å². The number of nitrogens with one attached hydrogen (secondary N) is 2. The van der Waals surface area contributed by atoms with E-state index < -0.39 is 7.32 Å². The van der Waals surface area contributed by atoms with Crippen molar-refractivity contribution in [2.45, 2.75) is 0 Å². The van der Waals surface area contributed by atoms with Gasteiger partial charge in [0.25, 0.3) is 5.78 Å². The van der Waals surface area contributed by atoms with Crippen molar-refractivity contribution >= 4 is 13.1 Å². The molecule has 0 fully saturated rings. The molecule has 9 heteroatoms. The first-order valence-corrected chi connectivity index (χ1v) is 4.19. The van der Waals surface area contributed by atoms with E-state index in [1.54, 1.807) is 12.4 Å². The quantitative estimate of drug-likeness (QED) is 0.305. The molecule has 0 saturated carbocycles. The zero-order chi connectivity index (χ0) is 12.0. The Morgan fingerprint density at radius 1 is 1.06 bits per heavy atom. The lowest BCUT2D eigenvalue weighted by atomic mass is 10.3. The van der Waals surface area contributed by atoms with Crippen LogP contribution in [0.3, 0.4) is 0 Å². The molecule has 8 nitrogen and oxygen atoms in total. The average molecular weight is 224 g/mol. The Kier molecular flexibility index (Phi) is 4.39. The van der Waals surface area contributed by atoms with E-state index in [0.29, 0.717) is 11.6 Å². The molecule has 2 aromatic rings. The summed E-state index contributed by atoms with van der Waals surface area (Å²) in [5, 5.41) is 21.5. The highest BCUT2D eigenvalue weighted by molar-refractivity contribution is 6.30. The highest BCUT2D eigenvalue weighted by atomic mass is 16.5. The third-order valence-corrected chi connectivity index (χ3v) is 1.43. The van der Waals surface area contributed by atoms with Crippen LogP contribution in [-0.4, -0.2) is 48.1 Å². The lowest BCUT2D eigenvalue weighted by molar-refractivity contribution is 0.102. The molecule has 0 aliphatic rings. The van der Waals surface area contributed by atoms with Crippen molar-refractivity contribution in [3.05, 3.63) is 36.4 Å². The van der Waals surface area contributed by atoms with Crippen LogP contribution in [0.1, 0.15) is 16.4 Å². The van der Waals surface area contributed by atoms with E-state index in [4.69, 9.17) is 15.1 Å². The van der Waals surface area contributed by atoms with Crippen LogP contribution in [0.5, 0.6) is 0 Å². The fraction of sp³-hybridized carbons (Fsp3) is 0. The van der Waals surface area contributed by atoms with Crippen molar-refractivity contribution < 1.29 is 19.9 Å². The van der Waals surface area contributed by atoms with Crippen molar-refractivity contribution in [2.75, 3.05) is 0 Å². The third-order valence-electron chi connectivity index (χ3n) is 1.43. The molecular formula is C7H9BN4O4. The number of hydrogen-bond acceptors (Lipinski definition) is 6. The smallest absolute Gasteiger partial charge is 0.402 e. The number of carbonyl (C=O) groups excluding carboxylic acids is 1. The van der Waals surface area contributed by atoms with Gasteiger partial charge in [-0.1, -0.05) is 0 Å². The van der Waals surface area contributed by atoms with Crippen LogP contribution in [0, 0.1) is 0 Å². The second-order valence-electron chi connectivity index (χ2n) is 2.55. The highest BCUT2D eigenvalue weighted by Gasteiger charge is 2.12. The van der Waals surface area contributed by atoms with E-state index in [2.05, 4.69) is 19.9 Å². The topological polar surface area (TPSA) is 135 Å². The first-order valence-electron chi connectivity index (χ1n) is 4.19. The molecule has 0 spiro atoms. The van der Waals surface area contributed by atoms with Gasteiger partial charge >= 0.3 is 7.32 Å². The molecule has 16 heavy (non-hydrogen) atoms. The molecule has 0 radical (unpaired) electrons. The van der Waals surface area contributed by atoms with E-state index in [0.717, 1.165) is 0 Å². The summed E-state index contributed by atoms with van der Waals surface area (Å²) in [7, 11) is -2.17. The number of hydrogen-bond donors (Lipinski definition) is 5. The Morgan fingerprint density at radius 3 is 1.69 bits per heavy atom. The summed E-state index contributed by atoms with van der Waals surface area (Å²) < 4.78 is 0. The number of H-pyrrole nitrogens is 2. The van der Waals surface area contributed by atoms with Gasteiger partial charge < -0.3 is 25.0 Å². The SMILES string of the molecule is O=C(c1ncc[nH]1)c1ncc[nH]1.OB(O)O. The summed E-state index contributed by atoms with van der Waals surface area (Å²) in [4.78, 5) is 24.4. The predicted octanol–water partition coefficient (Wildman–Crippen LogP) is -1.69. The molecular weight excluding hydrogens is 215 g/mol. The summed E-state index contributed by atoms with van der Waals surface area (Å²) in [6.07, 6.45) is 6.23. The van der Waals surface area contributed by atoms with Crippen molar-refractivity contribution in [1.82, 2.24) is 19.9 Å². The van der Waals surface area contributed by atoms with Crippen LogP contribution in [0.2, 0.25) is 0 Å². The van der Waals surface area contributed by atoms with Crippen molar-refractivity contribution in [3.8, 4) is 0 Å². The zero-order valence-corrected chi connectivity index (χ0v) is 8.03. The molecule has 2 aromatic heterocycles. The van der Waals surface area contributed by atoms with E-state index >= 15 is 0 Å². The first-order chi connectivity index (χ1) is 7.61. The van der Waals surface area contributed by atoms with Gasteiger partial charge in [-0.3, -0.25) is 4.79 Å². The maximum Gasteiger partial charge on any atom is 0.631 e. The largest absolute Gasteiger partial charge is 0.631 e. The lowest BCUT2D eigenvalue weighted by Crippen LogP contribution is -2.07. The standard InChI is InChI=1S/C7H6N4O.BH3O3/c12-5(6-8-1-2-9-6)7-10-3-4-11-7;2-1(3)4/h1-4H,(H,8,9)(H,10,11);2-4H. The number of nitrogens with zero attached hydrogens (tertiary/aromatic N) is 2. The molecule has 5 N–H and O–H groups in total. The van der Waals surface area contributed by atoms with Crippen molar-refractivity contribution in [1.29, 1.82) is 0 Å². The van der Waals surface area contributed by atoms with Gasteiger partial charge in [0.1, 0.15) is 0 Å². The Hall–Kier alpha value is -1.97. The van der Waals surface area contributed by atoms with Crippen LogP contribution >= 0.6 is 0 Å². The van der Waals surface area contributed by atoms with Gasteiger partial charge in [-0.2, -0.15) is 0 Å². The minimum atomic E-state index is -2.17. The van der Waals surface area contributed by atoms with Crippen molar-refractivity contribution in [2.24, 2.45) is 0 Å². The minimum absolute atomic E-state index is 0.231. The lowest BCUT2D eigenvalue weighted by Gasteiger charge is -1.89. The molecule has 0 saturated heterocycles. The third kappa shape index (κ3) is 3.65. The second-order valence-corrected chi connectivity index (χ2v) is 2.55. The predicted molar refractivity (Wildman–Crippen MR) is 53.0 cm³/mol. The molecule has 0 amide bonds. The Labute approximate surface area is 90.2 Å². The Bertz CT molecular complexity index is 375. The maximum absolute atomic E-state index is 11.4. The summed E-state index contributed by atoms with van der Waals surface area (Å²) in [5.41, 5.74) is 0. The zero-order valence-electron chi connectivity index (χ0n) is 8.03. The molecule has 84 valence electrons. The first kappa shape index (κ1) is 12.1. The van der Waals surface area contributed by atoms with E-state index in [1.165, 1.54) is 12.4 Å². The van der Waals surface area contributed by atoms with Gasteiger partial charge in [0, 0.05) is 24.8 Å². The number of imidazole rings is 2. The van der Waals surface area contributed by atoms with E-state index in [1.807, 2.05) is 0 Å². The van der Waals surface area contributed by atoms with Crippen LogP contribution in [-0.2, 0) is 0 Å². The van der Waals surface area contributed by atoms with Gasteiger partial charge in [-0.15, -0.1) is 0 Å². The second kappa shape index (κ2) is 5.80. The van der Waals surface area contributed by atoms with Gasteiger partial charge in [0.15, 0.2) is 11.6 Å². The highest BCUT2D eigenvalue weighted by Crippen LogP contribution is 1.98. The average Bonchev–Trinajstić information content (AvgIpc) is 2.90. The molecule has 0 unspecified atom stereocenters. The normalized spacial score (nSPS) is 9.19. The molecule has 0 atom stereocenters. The fourth-order valence-corrected chi connectivity index (χ4v) is 0.891. The monoisotopic (exact) mass is 224 g/mol. The van der Waals surface area contributed by atoms with Gasteiger partial charge in [-0.25, -0.2) is 9.97 Å². The van der Waals surface area contributed by atoms with E-state index in [-0.39, 0.29) is 5.78 Å². The van der Waals surface area contributed by atoms with Crippen LogP contribution in [0.25, 0.3) is 0 Å². The molecule has 2 rings (SSSR count). The molecule has 0 aromatic carbocycles. The van der Waals surface area contributed by atoms with Gasteiger partial charge in [-0.05, 0) is 0 Å². The number of aromatic amines is 2.